The molecule has 0 amide bonds. The van der Waals surface area contributed by atoms with E-state index in [0.29, 0.717) is 6.54 Å². The molecule has 1 saturated heterocycles. The summed E-state index contributed by atoms with van der Waals surface area (Å²) >= 11 is 8.21. The maximum Gasteiger partial charge on any atom is 0.191 e. The summed E-state index contributed by atoms with van der Waals surface area (Å²) in [6, 6.07) is 10.4. The van der Waals surface area contributed by atoms with Crippen LogP contribution in [0.15, 0.2) is 46.1 Å². The Morgan fingerprint density at radius 1 is 1.26 bits per heavy atom. The lowest BCUT2D eigenvalue weighted by Crippen LogP contribution is -2.46. The summed E-state index contributed by atoms with van der Waals surface area (Å²) < 4.78 is 5.53. The molecule has 0 bridgehead atoms. The van der Waals surface area contributed by atoms with Crippen molar-refractivity contribution in [1.29, 1.82) is 0 Å². The monoisotopic (exact) mass is 406 g/mol. The van der Waals surface area contributed by atoms with Gasteiger partial charge in [-0.3, -0.25) is 4.90 Å². The van der Waals surface area contributed by atoms with E-state index in [0.717, 1.165) is 55.9 Å². The lowest BCUT2D eigenvalue weighted by molar-refractivity contribution is 0.0170. The van der Waals surface area contributed by atoms with Crippen LogP contribution in [0.3, 0.4) is 0 Å². The molecule has 2 aromatic rings. The third-order valence-electron chi connectivity index (χ3n) is 4.56. The number of benzene rings is 1. The second kappa shape index (κ2) is 10.7. The van der Waals surface area contributed by atoms with Crippen molar-refractivity contribution >= 4 is 28.9 Å². The highest BCUT2D eigenvalue weighted by Crippen LogP contribution is 2.27. The minimum absolute atomic E-state index is 0.174. The molecule has 27 heavy (non-hydrogen) atoms. The van der Waals surface area contributed by atoms with E-state index in [1.54, 1.807) is 11.3 Å². The summed E-state index contributed by atoms with van der Waals surface area (Å²) in [4.78, 5) is 7.14. The van der Waals surface area contributed by atoms with Crippen LogP contribution in [0.2, 0.25) is 5.02 Å². The number of guanidine groups is 1. The topological polar surface area (TPSA) is 48.9 Å². The van der Waals surface area contributed by atoms with Crippen LogP contribution < -0.4 is 10.6 Å². The first-order valence-electron chi connectivity index (χ1n) is 9.37. The van der Waals surface area contributed by atoms with Gasteiger partial charge in [0.2, 0.25) is 0 Å². The number of aliphatic imine (C=N–C) groups is 1. The molecule has 1 atom stereocenters. The highest BCUT2D eigenvalue weighted by atomic mass is 35.5. The van der Waals surface area contributed by atoms with Crippen LogP contribution in [-0.2, 0) is 11.3 Å². The summed E-state index contributed by atoms with van der Waals surface area (Å²) in [7, 11) is 0. The van der Waals surface area contributed by atoms with E-state index in [1.165, 1.54) is 5.56 Å². The number of nitrogens with one attached hydrogen (secondary N) is 2. The molecule has 1 aromatic carbocycles. The largest absolute Gasteiger partial charge is 0.379 e. The first-order chi connectivity index (χ1) is 13.3. The molecule has 1 aliphatic rings. The van der Waals surface area contributed by atoms with Crippen LogP contribution in [-0.4, -0.2) is 50.3 Å². The fourth-order valence-electron chi connectivity index (χ4n) is 3.16. The zero-order chi connectivity index (χ0) is 18.9. The van der Waals surface area contributed by atoms with Crippen molar-refractivity contribution < 1.29 is 4.74 Å². The SMILES string of the molecule is CCNC(=NCc1ccsc1)NCC(c1ccccc1Cl)N1CCOCC1. The van der Waals surface area contributed by atoms with E-state index >= 15 is 0 Å². The van der Waals surface area contributed by atoms with Crippen LogP contribution in [0.4, 0.5) is 0 Å². The minimum Gasteiger partial charge on any atom is -0.379 e. The second-order valence-electron chi connectivity index (χ2n) is 6.39. The van der Waals surface area contributed by atoms with Crippen molar-refractivity contribution in [1.82, 2.24) is 15.5 Å². The maximum atomic E-state index is 6.51. The third-order valence-corrected chi connectivity index (χ3v) is 5.63. The average Bonchev–Trinajstić information content (AvgIpc) is 3.22. The summed E-state index contributed by atoms with van der Waals surface area (Å²) in [5, 5.41) is 11.9. The predicted octanol–water partition coefficient (Wildman–Crippen LogP) is 3.53. The van der Waals surface area contributed by atoms with Crippen molar-refractivity contribution in [3.63, 3.8) is 0 Å². The molecule has 0 saturated carbocycles. The molecule has 0 radical (unpaired) electrons. The molecular weight excluding hydrogens is 380 g/mol. The van der Waals surface area contributed by atoms with Gasteiger partial charge in [0, 0.05) is 31.2 Å². The molecule has 0 spiro atoms. The van der Waals surface area contributed by atoms with Gasteiger partial charge in [-0.1, -0.05) is 29.8 Å². The molecular formula is C20H27ClN4OS. The molecule has 3 rings (SSSR count). The smallest absolute Gasteiger partial charge is 0.191 e. The van der Waals surface area contributed by atoms with Gasteiger partial charge in [-0.25, -0.2) is 4.99 Å². The van der Waals surface area contributed by atoms with Gasteiger partial charge in [0.15, 0.2) is 5.96 Å². The number of morpholine rings is 1. The zero-order valence-corrected chi connectivity index (χ0v) is 17.2. The molecule has 5 nitrogen and oxygen atoms in total. The Hall–Kier alpha value is -1.60. The van der Waals surface area contributed by atoms with E-state index in [4.69, 9.17) is 21.3 Å². The number of hydrogen-bond acceptors (Lipinski definition) is 4. The van der Waals surface area contributed by atoms with Crippen molar-refractivity contribution in [2.45, 2.75) is 19.5 Å². The van der Waals surface area contributed by atoms with Gasteiger partial charge in [-0.2, -0.15) is 11.3 Å². The average molecular weight is 407 g/mol. The molecule has 7 heteroatoms. The second-order valence-corrected chi connectivity index (χ2v) is 7.58. The number of rotatable bonds is 7. The van der Waals surface area contributed by atoms with Crippen molar-refractivity contribution in [2.75, 3.05) is 39.4 Å². The van der Waals surface area contributed by atoms with Gasteiger partial charge in [0.05, 0.1) is 25.8 Å². The molecule has 1 unspecified atom stereocenters. The molecule has 0 aliphatic carbocycles. The lowest BCUT2D eigenvalue weighted by atomic mass is 10.0. The summed E-state index contributed by atoms with van der Waals surface area (Å²) in [5.74, 6) is 0.828. The van der Waals surface area contributed by atoms with Crippen LogP contribution in [0.25, 0.3) is 0 Å². The van der Waals surface area contributed by atoms with E-state index in [1.807, 2.05) is 18.2 Å². The van der Waals surface area contributed by atoms with E-state index in [9.17, 15) is 0 Å². The van der Waals surface area contributed by atoms with Crippen LogP contribution in [0, 0.1) is 0 Å². The Balaban J connectivity index is 1.71. The number of nitrogens with zero attached hydrogens (tertiary/aromatic N) is 2. The lowest BCUT2D eigenvalue weighted by Gasteiger charge is -2.35. The van der Waals surface area contributed by atoms with E-state index in [2.05, 4.69) is 45.4 Å². The van der Waals surface area contributed by atoms with Crippen molar-refractivity contribution in [2.24, 2.45) is 4.99 Å². The fraction of sp³-hybridized carbons (Fsp3) is 0.450. The minimum atomic E-state index is 0.174. The van der Waals surface area contributed by atoms with Gasteiger partial charge in [-0.15, -0.1) is 0 Å². The molecule has 1 aromatic heterocycles. The Morgan fingerprint density at radius 2 is 2.07 bits per heavy atom. The third kappa shape index (κ3) is 5.94. The van der Waals surface area contributed by atoms with Crippen molar-refractivity contribution in [3.05, 3.63) is 57.2 Å². The molecule has 1 fully saturated rings. The van der Waals surface area contributed by atoms with Gasteiger partial charge >= 0.3 is 0 Å². The highest BCUT2D eigenvalue weighted by Gasteiger charge is 2.24. The van der Waals surface area contributed by atoms with Gasteiger partial charge in [0.1, 0.15) is 0 Å². The van der Waals surface area contributed by atoms with Gasteiger partial charge in [0.25, 0.3) is 0 Å². The number of halogens is 1. The first kappa shape index (κ1) is 20.1. The Kier molecular flexibility index (Phi) is 7.95. The Labute approximate surface area is 170 Å². The summed E-state index contributed by atoms with van der Waals surface area (Å²) in [6.07, 6.45) is 0. The van der Waals surface area contributed by atoms with E-state index < -0.39 is 0 Å². The van der Waals surface area contributed by atoms with Crippen molar-refractivity contribution in [3.8, 4) is 0 Å². The van der Waals surface area contributed by atoms with Crippen LogP contribution in [0.1, 0.15) is 24.1 Å². The summed E-state index contributed by atoms with van der Waals surface area (Å²) in [6.45, 7) is 7.63. The normalized spacial score (nSPS) is 16.9. The van der Waals surface area contributed by atoms with E-state index in [-0.39, 0.29) is 6.04 Å². The van der Waals surface area contributed by atoms with Gasteiger partial charge in [-0.05, 0) is 40.9 Å². The number of hydrogen-bond donors (Lipinski definition) is 2. The van der Waals surface area contributed by atoms with Gasteiger partial charge < -0.3 is 15.4 Å². The summed E-state index contributed by atoms with van der Waals surface area (Å²) in [5.41, 5.74) is 2.37. The van der Waals surface area contributed by atoms with Crippen LogP contribution in [0.5, 0.6) is 0 Å². The fourth-order valence-corrected chi connectivity index (χ4v) is 4.08. The first-order valence-corrected chi connectivity index (χ1v) is 10.7. The zero-order valence-electron chi connectivity index (χ0n) is 15.7. The standard InChI is InChI=1S/C20H27ClN4OS/c1-2-22-20(23-13-16-7-12-27-15-16)24-14-19(25-8-10-26-11-9-25)17-5-3-4-6-18(17)21/h3-7,12,15,19H,2,8-11,13-14H2,1H3,(H2,22,23,24). The highest BCUT2D eigenvalue weighted by molar-refractivity contribution is 7.07. The maximum absolute atomic E-state index is 6.51. The molecule has 2 heterocycles. The quantitative estimate of drug-likeness (QED) is 0.545. The molecule has 1 aliphatic heterocycles. The Bertz CT molecular complexity index is 717. The van der Waals surface area contributed by atoms with Crippen LogP contribution >= 0.6 is 22.9 Å². The molecule has 146 valence electrons. The Morgan fingerprint density at radius 3 is 2.78 bits per heavy atom. The number of thiophene rings is 1. The molecule has 2 N–H and O–H groups in total. The number of ether oxygens (including phenoxy) is 1. The predicted molar refractivity (Wildman–Crippen MR) is 114 cm³/mol.